The fourth-order valence-electron chi connectivity index (χ4n) is 2.46. The quantitative estimate of drug-likeness (QED) is 0.699. The first-order valence-corrected chi connectivity index (χ1v) is 6.98. The molecule has 0 atom stereocenters. The van der Waals surface area contributed by atoms with Crippen LogP contribution in [0.3, 0.4) is 0 Å². The van der Waals surface area contributed by atoms with E-state index in [1.807, 2.05) is 37.8 Å². The number of furan rings is 1. The summed E-state index contributed by atoms with van der Waals surface area (Å²) in [7, 11) is 0. The van der Waals surface area contributed by atoms with Crippen LogP contribution in [0.4, 0.5) is 0 Å². The monoisotopic (exact) mass is 269 g/mol. The molecule has 0 aliphatic rings. The van der Waals surface area contributed by atoms with E-state index in [-0.39, 0.29) is 0 Å². The summed E-state index contributed by atoms with van der Waals surface area (Å²) in [6, 6.07) is 8.20. The molecule has 0 radical (unpaired) electrons. The molecule has 0 fully saturated rings. The third-order valence-electron chi connectivity index (χ3n) is 3.53. The first kappa shape index (κ1) is 12.9. The molecule has 4 heteroatoms. The zero-order valence-electron chi connectivity index (χ0n) is 11.7. The number of aryl methyl sites for hydroxylation is 2. The molecule has 1 aromatic carbocycles. The molecule has 0 bridgehead atoms. The second kappa shape index (κ2) is 5.92. The van der Waals surface area contributed by atoms with E-state index < -0.39 is 0 Å². The summed E-state index contributed by atoms with van der Waals surface area (Å²) in [5.41, 5.74) is 2.24. The molecule has 104 valence electrons. The van der Waals surface area contributed by atoms with Crippen molar-refractivity contribution in [2.45, 2.75) is 26.4 Å². The predicted molar refractivity (Wildman–Crippen MR) is 79.5 cm³/mol. The lowest BCUT2D eigenvalue weighted by molar-refractivity contribution is 0.554. The van der Waals surface area contributed by atoms with Crippen molar-refractivity contribution >= 4 is 11.0 Å². The Hall–Kier alpha value is -2.07. The maximum Gasteiger partial charge on any atom is 0.134 e. The fraction of sp³-hybridized carbons (Fsp3) is 0.312. The number of aromatic nitrogens is 2. The molecule has 3 aromatic rings. The van der Waals surface area contributed by atoms with Gasteiger partial charge in [0.2, 0.25) is 0 Å². The number of hydrogen-bond donors (Lipinski definition) is 1. The summed E-state index contributed by atoms with van der Waals surface area (Å²) in [6.07, 6.45) is 6.75. The Bertz CT molecular complexity index is 670. The molecule has 0 amide bonds. The molecule has 0 saturated heterocycles. The smallest absolute Gasteiger partial charge is 0.134 e. The Kier molecular flexibility index (Phi) is 3.83. The van der Waals surface area contributed by atoms with E-state index >= 15 is 0 Å². The molecule has 4 nitrogen and oxygen atoms in total. The van der Waals surface area contributed by atoms with Crippen LogP contribution in [0.5, 0.6) is 0 Å². The number of imidazole rings is 1. The Morgan fingerprint density at radius 1 is 1.30 bits per heavy atom. The number of benzene rings is 1. The van der Waals surface area contributed by atoms with Crippen LogP contribution in [0.1, 0.15) is 17.7 Å². The number of rotatable bonds is 6. The molecule has 3 rings (SSSR count). The highest BCUT2D eigenvalue weighted by Crippen LogP contribution is 2.24. The van der Waals surface area contributed by atoms with E-state index in [9.17, 15) is 0 Å². The zero-order chi connectivity index (χ0) is 13.8. The lowest BCUT2D eigenvalue weighted by Crippen LogP contribution is -2.16. The van der Waals surface area contributed by atoms with Crippen molar-refractivity contribution in [3.8, 4) is 0 Å². The molecule has 1 N–H and O–H groups in total. The van der Waals surface area contributed by atoms with Crippen LogP contribution in [-0.4, -0.2) is 16.1 Å². The first-order chi connectivity index (χ1) is 9.84. The van der Waals surface area contributed by atoms with Gasteiger partial charge < -0.3 is 14.3 Å². The fourth-order valence-corrected chi connectivity index (χ4v) is 2.46. The second-order valence-electron chi connectivity index (χ2n) is 4.96. The van der Waals surface area contributed by atoms with E-state index in [1.165, 1.54) is 10.9 Å². The minimum atomic E-state index is 0.854. The van der Waals surface area contributed by atoms with Crippen LogP contribution in [0.25, 0.3) is 11.0 Å². The number of hydrogen-bond acceptors (Lipinski definition) is 3. The van der Waals surface area contributed by atoms with Gasteiger partial charge in [0, 0.05) is 36.4 Å². The average molecular weight is 269 g/mol. The van der Waals surface area contributed by atoms with Gasteiger partial charge in [0.25, 0.3) is 0 Å². The van der Waals surface area contributed by atoms with Crippen LogP contribution >= 0.6 is 0 Å². The third-order valence-corrected chi connectivity index (χ3v) is 3.53. The van der Waals surface area contributed by atoms with Crippen molar-refractivity contribution in [2.75, 3.05) is 6.54 Å². The van der Waals surface area contributed by atoms with Crippen LogP contribution < -0.4 is 5.32 Å². The molecule has 20 heavy (non-hydrogen) atoms. The largest absolute Gasteiger partial charge is 0.461 e. The minimum Gasteiger partial charge on any atom is -0.461 e. The van der Waals surface area contributed by atoms with Gasteiger partial charge in [-0.1, -0.05) is 18.2 Å². The Labute approximate surface area is 118 Å². The summed E-state index contributed by atoms with van der Waals surface area (Å²) in [5.74, 6) is 1.01. The van der Waals surface area contributed by atoms with Crippen LogP contribution in [0, 0.1) is 6.92 Å². The highest BCUT2D eigenvalue weighted by atomic mass is 16.3. The Balaban J connectivity index is 1.53. The maximum absolute atomic E-state index is 5.76. The van der Waals surface area contributed by atoms with Crippen molar-refractivity contribution in [1.82, 2.24) is 14.9 Å². The predicted octanol–water partition coefficient (Wildman–Crippen LogP) is 3.12. The van der Waals surface area contributed by atoms with E-state index in [4.69, 9.17) is 4.42 Å². The van der Waals surface area contributed by atoms with Gasteiger partial charge in [-0.3, -0.25) is 0 Å². The van der Waals surface area contributed by atoms with Crippen molar-refractivity contribution in [3.05, 3.63) is 54.3 Å². The molecular weight excluding hydrogens is 250 g/mol. The van der Waals surface area contributed by atoms with Crippen molar-refractivity contribution in [1.29, 1.82) is 0 Å². The average Bonchev–Trinajstić information content (AvgIpc) is 3.06. The number of fused-ring (bicyclic) bond motifs is 1. The Morgan fingerprint density at radius 2 is 2.20 bits per heavy atom. The van der Waals surface area contributed by atoms with Gasteiger partial charge in [-0.15, -0.1) is 0 Å². The molecule has 2 aromatic heterocycles. The lowest BCUT2D eigenvalue weighted by Gasteiger charge is -2.05. The number of nitrogens with one attached hydrogen (secondary N) is 1. The lowest BCUT2D eigenvalue weighted by atomic mass is 10.1. The summed E-state index contributed by atoms with van der Waals surface area (Å²) < 4.78 is 7.86. The Morgan fingerprint density at radius 3 is 3.05 bits per heavy atom. The van der Waals surface area contributed by atoms with Gasteiger partial charge in [-0.25, -0.2) is 4.98 Å². The molecule has 0 aliphatic carbocycles. The summed E-state index contributed by atoms with van der Waals surface area (Å²) in [6.45, 7) is 4.87. The maximum atomic E-state index is 5.76. The zero-order valence-corrected chi connectivity index (χ0v) is 11.7. The molecule has 0 unspecified atom stereocenters. The summed E-state index contributed by atoms with van der Waals surface area (Å²) in [5, 5.41) is 4.70. The highest BCUT2D eigenvalue weighted by molar-refractivity contribution is 5.82. The topological polar surface area (TPSA) is 43.0 Å². The number of nitrogens with zero attached hydrogens (tertiary/aromatic N) is 2. The first-order valence-electron chi connectivity index (χ1n) is 6.98. The van der Waals surface area contributed by atoms with Gasteiger partial charge in [-0.05, 0) is 26.0 Å². The molecule has 2 heterocycles. The second-order valence-corrected chi connectivity index (χ2v) is 4.96. The molecule has 0 aliphatic heterocycles. The van der Waals surface area contributed by atoms with Gasteiger partial charge in [-0.2, -0.15) is 0 Å². The van der Waals surface area contributed by atoms with Crippen molar-refractivity contribution < 1.29 is 4.42 Å². The van der Waals surface area contributed by atoms with E-state index in [0.29, 0.717) is 0 Å². The standard InChI is InChI=1S/C16H19N3O/c1-13-15(14-5-2-3-6-16(14)20-13)11-17-7-4-9-19-10-8-18-12-19/h2-3,5-6,8,10,12,17H,4,7,9,11H2,1H3. The summed E-state index contributed by atoms with van der Waals surface area (Å²) in [4.78, 5) is 4.04. The van der Waals surface area contributed by atoms with Gasteiger partial charge in [0.05, 0.1) is 6.33 Å². The van der Waals surface area contributed by atoms with Crippen molar-refractivity contribution in [3.63, 3.8) is 0 Å². The van der Waals surface area contributed by atoms with Gasteiger partial charge in [0.1, 0.15) is 11.3 Å². The van der Waals surface area contributed by atoms with Crippen molar-refractivity contribution in [2.24, 2.45) is 0 Å². The normalized spacial score (nSPS) is 11.2. The van der Waals surface area contributed by atoms with Gasteiger partial charge in [0.15, 0.2) is 0 Å². The molecule has 0 spiro atoms. The minimum absolute atomic E-state index is 0.854. The highest BCUT2D eigenvalue weighted by Gasteiger charge is 2.09. The van der Waals surface area contributed by atoms with Crippen LogP contribution in [0.2, 0.25) is 0 Å². The SMILES string of the molecule is Cc1oc2ccccc2c1CNCCCn1ccnc1. The van der Waals surface area contributed by atoms with Crippen LogP contribution in [-0.2, 0) is 13.1 Å². The van der Waals surface area contributed by atoms with E-state index in [1.54, 1.807) is 0 Å². The number of para-hydroxylation sites is 1. The van der Waals surface area contributed by atoms with E-state index in [2.05, 4.69) is 27.0 Å². The molecule has 0 saturated carbocycles. The van der Waals surface area contributed by atoms with Gasteiger partial charge >= 0.3 is 0 Å². The third kappa shape index (κ3) is 2.75. The summed E-state index contributed by atoms with van der Waals surface area (Å²) >= 11 is 0. The van der Waals surface area contributed by atoms with Crippen LogP contribution in [0.15, 0.2) is 47.4 Å². The van der Waals surface area contributed by atoms with E-state index in [0.717, 1.165) is 37.4 Å². The molecular formula is C16H19N3O.